The van der Waals surface area contributed by atoms with Crippen molar-refractivity contribution in [1.29, 1.82) is 0 Å². The van der Waals surface area contributed by atoms with E-state index in [1.165, 1.54) is 6.33 Å². The smallest absolute Gasteiger partial charge is 0.227 e. The third kappa shape index (κ3) is 3.10. The van der Waals surface area contributed by atoms with E-state index in [0.717, 1.165) is 28.9 Å². The number of hydrogen-bond donors (Lipinski definition) is 0. The maximum atomic E-state index is 6.10. The lowest BCUT2D eigenvalue weighted by molar-refractivity contribution is 0.446. The maximum Gasteiger partial charge on any atom is 0.227 e. The number of aromatic nitrogens is 2. The fraction of sp³-hybridized carbons (Fsp3) is 0.375. The zero-order valence-corrected chi connectivity index (χ0v) is 13.0. The molecule has 2 aromatic rings. The van der Waals surface area contributed by atoms with Gasteiger partial charge in [0.1, 0.15) is 17.2 Å². The molecule has 0 fully saturated rings. The lowest BCUT2D eigenvalue weighted by Crippen LogP contribution is -2.00. The number of hydrogen-bond acceptors (Lipinski definition) is 3. The second-order valence-electron chi connectivity index (χ2n) is 5.10. The van der Waals surface area contributed by atoms with Gasteiger partial charge >= 0.3 is 0 Å². The maximum absolute atomic E-state index is 6.10. The van der Waals surface area contributed by atoms with Crippen molar-refractivity contribution >= 4 is 11.6 Å². The molecule has 0 aliphatic rings. The molecule has 0 unspecified atom stereocenters. The summed E-state index contributed by atoms with van der Waals surface area (Å²) in [5, 5.41) is 0.455. The molecule has 0 saturated heterocycles. The summed E-state index contributed by atoms with van der Waals surface area (Å²) < 4.78 is 6.02. The molecule has 1 aromatic heterocycles. The third-order valence-corrected chi connectivity index (χ3v) is 3.53. The minimum atomic E-state index is 0.382. The molecule has 3 nitrogen and oxygen atoms in total. The van der Waals surface area contributed by atoms with Gasteiger partial charge in [0.25, 0.3) is 0 Å². The van der Waals surface area contributed by atoms with Gasteiger partial charge in [-0.1, -0.05) is 44.5 Å². The van der Waals surface area contributed by atoms with Crippen LogP contribution in [0.15, 0.2) is 24.5 Å². The van der Waals surface area contributed by atoms with Gasteiger partial charge in [-0.3, -0.25) is 0 Å². The first-order valence-electron chi connectivity index (χ1n) is 6.80. The first-order chi connectivity index (χ1) is 9.52. The van der Waals surface area contributed by atoms with Gasteiger partial charge in [0.15, 0.2) is 0 Å². The fourth-order valence-corrected chi connectivity index (χ4v) is 2.33. The molecule has 4 heteroatoms. The Labute approximate surface area is 125 Å². The van der Waals surface area contributed by atoms with Gasteiger partial charge in [-0.05, 0) is 36.5 Å². The van der Waals surface area contributed by atoms with Crippen LogP contribution in [-0.4, -0.2) is 9.97 Å². The molecule has 0 amide bonds. The summed E-state index contributed by atoms with van der Waals surface area (Å²) in [5.74, 6) is 1.76. The van der Waals surface area contributed by atoms with Crippen molar-refractivity contribution in [1.82, 2.24) is 9.97 Å². The largest absolute Gasteiger partial charge is 0.438 e. The lowest BCUT2D eigenvalue weighted by Gasteiger charge is -2.15. The number of ether oxygens (including phenoxy) is 1. The predicted molar refractivity (Wildman–Crippen MR) is 81.8 cm³/mol. The molecule has 0 atom stereocenters. The molecule has 0 aliphatic carbocycles. The van der Waals surface area contributed by atoms with Gasteiger partial charge in [-0.2, -0.15) is 0 Å². The lowest BCUT2D eigenvalue weighted by atomic mass is 10.0. The van der Waals surface area contributed by atoms with E-state index in [2.05, 4.69) is 35.9 Å². The van der Waals surface area contributed by atoms with E-state index in [9.17, 15) is 0 Å². The highest BCUT2D eigenvalue weighted by atomic mass is 35.5. The van der Waals surface area contributed by atoms with Gasteiger partial charge in [0, 0.05) is 0 Å². The quantitative estimate of drug-likeness (QED) is 0.750. The molecule has 0 spiro atoms. The molecule has 0 aliphatic heterocycles. The van der Waals surface area contributed by atoms with Crippen LogP contribution in [-0.2, 0) is 6.42 Å². The highest BCUT2D eigenvalue weighted by molar-refractivity contribution is 6.30. The molecule has 1 aromatic carbocycles. The summed E-state index contributed by atoms with van der Waals surface area (Å²) in [6.45, 7) is 8.35. The molecule has 0 radical (unpaired) electrons. The van der Waals surface area contributed by atoms with Gasteiger partial charge in [-0.25, -0.2) is 9.97 Å². The highest BCUT2D eigenvalue weighted by Gasteiger charge is 2.14. The Balaban J connectivity index is 2.44. The molecular formula is C16H19ClN2O. The van der Waals surface area contributed by atoms with Crippen LogP contribution < -0.4 is 4.74 Å². The van der Waals surface area contributed by atoms with Crippen LogP contribution in [0.1, 0.15) is 43.4 Å². The number of aryl methyl sites for hydroxylation is 1. The number of rotatable bonds is 4. The van der Waals surface area contributed by atoms with Crippen molar-refractivity contribution in [2.24, 2.45) is 0 Å². The van der Waals surface area contributed by atoms with Crippen LogP contribution >= 0.6 is 11.6 Å². The Morgan fingerprint density at radius 3 is 2.65 bits per heavy atom. The van der Waals surface area contributed by atoms with Crippen molar-refractivity contribution in [2.45, 2.75) is 40.0 Å². The van der Waals surface area contributed by atoms with Gasteiger partial charge < -0.3 is 4.74 Å². The van der Waals surface area contributed by atoms with E-state index in [4.69, 9.17) is 16.3 Å². The fourth-order valence-electron chi connectivity index (χ4n) is 2.07. The molecule has 0 N–H and O–H groups in total. The Bertz CT molecular complexity index is 611. The van der Waals surface area contributed by atoms with Gasteiger partial charge in [0.2, 0.25) is 5.88 Å². The van der Waals surface area contributed by atoms with E-state index >= 15 is 0 Å². The number of nitrogens with zero attached hydrogens (tertiary/aromatic N) is 2. The predicted octanol–water partition coefficient (Wildman–Crippen LogP) is 4.92. The summed E-state index contributed by atoms with van der Waals surface area (Å²) in [5.41, 5.74) is 3.15. The molecule has 20 heavy (non-hydrogen) atoms. The average molecular weight is 291 g/mol. The average Bonchev–Trinajstić information content (AvgIpc) is 2.38. The van der Waals surface area contributed by atoms with Crippen molar-refractivity contribution in [2.75, 3.05) is 0 Å². The summed E-state index contributed by atoms with van der Waals surface area (Å²) in [6, 6.07) is 6.23. The van der Waals surface area contributed by atoms with Crippen LogP contribution in [0.4, 0.5) is 0 Å². The summed E-state index contributed by atoms with van der Waals surface area (Å²) >= 11 is 6.10. The van der Waals surface area contributed by atoms with Crippen LogP contribution in [0.2, 0.25) is 5.15 Å². The van der Waals surface area contributed by atoms with Gasteiger partial charge in [0.05, 0.1) is 5.56 Å². The second kappa shape index (κ2) is 6.23. The van der Waals surface area contributed by atoms with E-state index in [1.807, 2.05) is 19.9 Å². The SMILES string of the molecule is CCc1c(Cl)ncnc1Oc1cc(C)ccc1C(C)C. The zero-order chi connectivity index (χ0) is 14.7. The minimum Gasteiger partial charge on any atom is -0.438 e. The van der Waals surface area contributed by atoms with E-state index in [0.29, 0.717) is 17.0 Å². The van der Waals surface area contributed by atoms with Gasteiger partial charge in [-0.15, -0.1) is 0 Å². The second-order valence-corrected chi connectivity index (χ2v) is 5.46. The topological polar surface area (TPSA) is 35.0 Å². The summed E-state index contributed by atoms with van der Waals surface area (Å²) in [4.78, 5) is 8.22. The van der Waals surface area contributed by atoms with Crippen molar-refractivity contribution in [3.05, 3.63) is 46.4 Å². The first kappa shape index (κ1) is 14.8. The Morgan fingerprint density at radius 2 is 2.00 bits per heavy atom. The monoisotopic (exact) mass is 290 g/mol. The van der Waals surface area contributed by atoms with E-state index in [-0.39, 0.29) is 0 Å². The van der Waals surface area contributed by atoms with Crippen molar-refractivity contribution in [3.8, 4) is 11.6 Å². The molecule has 0 bridgehead atoms. The molecule has 0 saturated carbocycles. The van der Waals surface area contributed by atoms with Crippen LogP contribution in [0.25, 0.3) is 0 Å². The van der Waals surface area contributed by atoms with Crippen molar-refractivity contribution in [3.63, 3.8) is 0 Å². The summed E-state index contributed by atoms with van der Waals surface area (Å²) in [7, 11) is 0. The minimum absolute atomic E-state index is 0.382. The highest BCUT2D eigenvalue weighted by Crippen LogP contribution is 2.33. The Morgan fingerprint density at radius 1 is 1.25 bits per heavy atom. The molecule has 2 rings (SSSR count). The zero-order valence-electron chi connectivity index (χ0n) is 12.3. The number of benzene rings is 1. The van der Waals surface area contributed by atoms with Crippen molar-refractivity contribution < 1.29 is 4.74 Å². The first-order valence-corrected chi connectivity index (χ1v) is 7.18. The van der Waals surface area contributed by atoms with E-state index < -0.39 is 0 Å². The Kier molecular flexibility index (Phi) is 4.61. The van der Waals surface area contributed by atoms with E-state index in [1.54, 1.807) is 0 Å². The molecule has 106 valence electrons. The van der Waals surface area contributed by atoms with Crippen LogP contribution in [0.5, 0.6) is 11.6 Å². The van der Waals surface area contributed by atoms with Crippen LogP contribution in [0, 0.1) is 6.92 Å². The van der Waals surface area contributed by atoms with Crippen LogP contribution in [0.3, 0.4) is 0 Å². The standard InChI is InChI=1S/C16H19ClN2O/c1-5-12-15(17)18-9-19-16(12)20-14-8-11(4)6-7-13(14)10(2)3/h6-10H,5H2,1-4H3. The number of halogens is 1. The normalized spacial score (nSPS) is 10.9. The molecule has 1 heterocycles. The third-order valence-electron chi connectivity index (χ3n) is 3.20. The summed E-state index contributed by atoms with van der Waals surface area (Å²) in [6.07, 6.45) is 2.17. The Hall–Kier alpha value is -1.61. The molecular weight excluding hydrogens is 272 g/mol.